The van der Waals surface area contributed by atoms with Crippen molar-refractivity contribution < 1.29 is 19.4 Å². The largest absolute Gasteiger partial charge is 0.478 e. The molecule has 1 fully saturated rings. The zero-order chi connectivity index (χ0) is 16.1. The second-order valence-electron chi connectivity index (χ2n) is 5.55. The minimum Gasteiger partial charge on any atom is -0.478 e. The number of nitrogens with zero attached hydrogens (tertiary/aromatic N) is 2. The third-order valence-electron chi connectivity index (χ3n) is 3.90. The third kappa shape index (κ3) is 3.82. The highest BCUT2D eigenvalue weighted by molar-refractivity contribution is 5.94. The number of piperidine rings is 1. The summed E-state index contributed by atoms with van der Waals surface area (Å²) in [5.74, 6) is -0.808. The number of rotatable bonds is 5. The highest BCUT2D eigenvalue weighted by atomic mass is 16.5. The van der Waals surface area contributed by atoms with Crippen LogP contribution in [-0.4, -0.2) is 53.2 Å². The van der Waals surface area contributed by atoms with E-state index in [1.165, 1.54) is 12.1 Å². The van der Waals surface area contributed by atoms with Crippen LogP contribution in [0.25, 0.3) is 0 Å². The first kappa shape index (κ1) is 16.4. The molecule has 1 aromatic heterocycles. The van der Waals surface area contributed by atoms with Gasteiger partial charge >= 0.3 is 5.97 Å². The number of ether oxygens (including phenoxy) is 1. The Hall–Kier alpha value is -1.95. The number of carboxylic acid groups (broad SMARTS) is 1. The van der Waals surface area contributed by atoms with E-state index < -0.39 is 5.97 Å². The molecular formula is C16H22N2O4. The van der Waals surface area contributed by atoms with Gasteiger partial charge in [-0.3, -0.25) is 4.79 Å². The molecule has 22 heavy (non-hydrogen) atoms. The molecule has 2 rings (SSSR count). The van der Waals surface area contributed by atoms with Crippen LogP contribution in [0.2, 0.25) is 0 Å². The van der Waals surface area contributed by atoms with Crippen LogP contribution in [-0.2, 0) is 4.74 Å². The number of amides is 1. The Kier molecular flexibility index (Phi) is 5.49. The van der Waals surface area contributed by atoms with Crippen molar-refractivity contribution in [3.63, 3.8) is 0 Å². The molecule has 6 heteroatoms. The molecule has 0 radical (unpaired) electrons. The molecule has 1 atom stereocenters. The van der Waals surface area contributed by atoms with Crippen LogP contribution in [0.5, 0.6) is 0 Å². The lowest BCUT2D eigenvalue weighted by atomic mass is 9.98. The first-order valence-electron chi connectivity index (χ1n) is 7.61. The van der Waals surface area contributed by atoms with Gasteiger partial charge in [0.15, 0.2) is 0 Å². The molecule has 120 valence electrons. The summed E-state index contributed by atoms with van der Waals surface area (Å²) < 4.78 is 5.45. The molecule has 1 aliphatic rings. The number of carbonyl (C=O) groups is 2. The van der Waals surface area contributed by atoms with Crippen LogP contribution < -0.4 is 0 Å². The summed E-state index contributed by atoms with van der Waals surface area (Å²) in [6.45, 7) is 6.30. The summed E-state index contributed by atoms with van der Waals surface area (Å²) in [6, 6.07) is 2.93. The van der Waals surface area contributed by atoms with E-state index in [2.05, 4.69) is 4.98 Å². The van der Waals surface area contributed by atoms with Crippen LogP contribution in [0.3, 0.4) is 0 Å². The Morgan fingerprint density at radius 3 is 2.86 bits per heavy atom. The van der Waals surface area contributed by atoms with E-state index in [9.17, 15) is 9.59 Å². The van der Waals surface area contributed by atoms with Gasteiger partial charge < -0.3 is 14.7 Å². The number of carbonyl (C=O) groups excluding carboxylic acids is 1. The minimum atomic E-state index is -1.03. The molecular weight excluding hydrogens is 284 g/mol. The molecule has 0 aliphatic carbocycles. The van der Waals surface area contributed by atoms with Gasteiger partial charge in [-0.1, -0.05) is 0 Å². The first-order chi connectivity index (χ1) is 10.5. The second-order valence-corrected chi connectivity index (χ2v) is 5.55. The molecule has 0 aromatic carbocycles. The maximum absolute atomic E-state index is 12.5. The van der Waals surface area contributed by atoms with Crippen molar-refractivity contribution >= 4 is 11.9 Å². The fourth-order valence-electron chi connectivity index (χ4n) is 2.74. The van der Waals surface area contributed by atoms with Gasteiger partial charge in [-0.05, 0) is 44.7 Å². The van der Waals surface area contributed by atoms with Gasteiger partial charge in [0.05, 0.1) is 17.9 Å². The highest BCUT2D eigenvalue weighted by Crippen LogP contribution is 2.19. The van der Waals surface area contributed by atoms with E-state index in [-0.39, 0.29) is 11.5 Å². The normalized spacial score (nSPS) is 18.3. The Labute approximate surface area is 130 Å². The summed E-state index contributed by atoms with van der Waals surface area (Å²) in [7, 11) is 0. The molecule has 1 N–H and O–H groups in total. The molecule has 0 saturated carbocycles. The number of hydrogen-bond donors (Lipinski definition) is 1. The first-order valence-corrected chi connectivity index (χ1v) is 7.61. The number of aromatic carboxylic acids is 1. The van der Waals surface area contributed by atoms with Crippen LogP contribution in [0.15, 0.2) is 12.1 Å². The van der Waals surface area contributed by atoms with Crippen molar-refractivity contribution in [1.82, 2.24) is 9.88 Å². The second kappa shape index (κ2) is 7.35. The molecule has 1 aliphatic heterocycles. The fourth-order valence-corrected chi connectivity index (χ4v) is 2.74. The Morgan fingerprint density at radius 2 is 2.23 bits per heavy atom. The molecule has 6 nitrogen and oxygen atoms in total. The van der Waals surface area contributed by atoms with Crippen molar-refractivity contribution in [3.8, 4) is 0 Å². The Morgan fingerprint density at radius 1 is 1.45 bits per heavy atom. The average molecular weight is 306 g/mol. The molecule has 0 spiro atoms. The van der Waals surface area contributed by atoms with Crippen LogP contribution in [0.1, 0.15) is 46.3 Å². The summed E-state index contributed by atoms with van der Waals surface area (Å²) in [4.78, 5) is 29.5. The van der Waals surface area contributed by atoms with Crippen LogP contribution in [0, 0.1) is 12.8 Å². The van der Waals surface area contributed by atoms with E-state index in [0.717, 1.165) is 12.8 Å². The van der Waals surface area contributed by atoms with Gasteiger partial charge in [0.25, 0.3) is 5.91 Å². The molecule has 0 bridgehead atoms. The van der Waals surface area contributed by atoms with Crippen molar-refractivity contribution in [2.24, 2.45) is 5.92 Å². The maximum atomic E-state index is 12.5. The van der Waals surface area contributed by atoms with Gasteiger partial charge in [-0.2, -0.15) is 0 Å². The SMILES string of the molecule is CCOCC1CCCN(C(=O)c2ccc(C(=O)O)c(C)n2)C1. The summed E-state index contributed by atoms with van der Waals surface area (Å²) in [6.07, 6.45) is 2.02. The Bertz CT molecular complexity index is 559. The van der Waals surface area contributed by atoms with E-state index in [1.54, 1.807) is 11.8 Å². The lowest BCUT2D eigenvalue weighted by Gasteiger charge is -2.32. The van der Waals surface area contributed by atoms with Crippen molar-refractivity contribution in [3.05, 3.63) is 29.1 Å². The van der Waals surface area contributed by atoms with Gasteiger partial charge in [-0.25, -0.2) is 9.78 Å². The molecule has 1 saturated heterocycles. The fraction of sp³-hybridized carbons (Fsp3) is 0.562. The number of aromatic nitrogens is 1. The highest BCUT2D eigenvalue weighted by Gasteiger charge is 2.25. The summed E-state index contributed by atoms with van der Waals surface area (Å²) >= 11 is 0. The van der Waals surface area contributed by atoms with E-state index in [1.807, 2.05) is 6.92 Å². The lowest BCUT2D eigenvalue weighted by molar-refractivity contribution is 0.0495. The van der Waals surface area contributed by atoms with Crippen molar-refractivity contribution in [2.75, 3.05) is 26.3 Å². The number of pyridine rings is 1. The molecule has 1 unspecified atom stereocenters. The van der Waals surface area contributed by atoms with Gasteiger partial charge in [-0.15, -0.1) is 0 Å². The summed E-state index contributed by atoms with van der Waals surface area (Å²) in [5.41, 5.74) is 0.796. The van der Waals surface area contributed by atoms with E-state index in [4.69, 9.17) is 9.84 Å². The van der Waals surface area contributed by atoms with Gasteiger partial charge in [0.1, 0.15) is 5.69 Å². The van der Waals surface area contributed by atoms with E-state index in [0.29, 0.717) is 43.6 Å². The minimum absolute atomic E-state index is 0.129. The summed E-state index contributed by atoms with van der Waals surface area (Å²) in [5, 5.41) is 9.01. The monoisotopic (exact) mass is 306 g/mol. The van der Waals surface area contributed by atoms with Gasteiger partial charge in [0.2, 0.25) is 0 Å². The lowest BCUT2D eigenvalue weighted by Crippen LogP contribution is -2.41. The number of carboxylic acids is 1. The molecule has 1 amide bonds. The van der Waals surface area contributed by atoms with Crippen LogP contribution >= 0.6 is 0 Å². The topological polar surface area (TPSA) is 79.7 Å². The van der Waals surface area contributed by atoms with Gasteiger partial charge in [0, 0.05) is 19.7 Å². The van der Waals surface area contributed by atoms with Crippen LogP contribution in [0.4, 0.5) is 0 Å². The molecule has 1 aromatic rings. The number of aryl methyl sites for hydroxylation is 1. The predicted octanol–water partition coefficient (Wildman–Crippen LogP) is 1.98. The quantitative estimate of drug-likeness (QED) is 0.899. The number of hydrogen-bond acceptors (Lipinski definition) is 4. The molecule has 2 heterocycles. The third-order valence-corrected chi connectivity index (χ3v) is 3.90. The smallest absolute Gasteiger partial charge is 0.337 e. The predicted molar refractivity (Wildman–Crippen MR) is 81.1 cm³/mol. The van der Waals surface area contributed by atoms with Crippen molar-refractivity contribution in [1.29, 1.82) is 0 Å². The average Bonchev–Trinajstić information content (AvgIpc) is 2.52. The standard InChI is InChI=1S/C16H22N2O4/c1-3-22-10-12-5-4-8-18(9-12)15(19)14-7-6-13(16(20)21)11(2)17-14/h6-7,12H,3-5,8-10H2,1-2H3,(H,20,21). The zero-order valence-corrected chi connectivity index (χ0v) is 13.0. The maximum Gasteiger partial charge on any atom is 0.337 e. The van der Waals surface area contributed by atoms with Crippen molar-refractivity contribution in [2.45, 2.75) is 26.7 Å². The number of likely N-dealkylation sites (tertiary alicyclic amines) is 1. The van der Waals surface area contributed by atoms with E-state index >= 15 is 0 Å². The zero-order valence-electron chi connectivity index (χ0n) is 13.0. The Balaban J connectivity index is 2.07.